The predicted molar refractivity (Wildman–Crippen MR) is 113 cm³/mol. The van der Waals surface area contributed by atoms with Crippen LogP contribution in [-0.4, -0.2) is 57.4 Å². The van der Waals surface area contributed by atoms with Gasteiger partial charge in [-0.25, -0.2) is 8.42 Å². The van der Waals surface area contributed by atoms with Gasteiger partial charge in [0.25, 0.3) is 5.91 Å². The van der Waals surface area contributed by atoms with Gasteiger partial charge in [0.1, 0.15) is 0 Å². The summed E-state index contributed by atoms with van der Waals surface area (Å²) >= 11 is 6.09. The minimum absolute atomic E-state index is 0.0212. The van der Waals surface area contributed by atoms with Crippen LogP contribution in [0.1, 0.15) is 15.9 Å². The Kier molecular flexibility index (Phi) is 7.09. The maximum Gasteiger partial charge on any atom is 0.251 e. The summed E-state index contributed by atoms with van der Waals surface area (Å²) in [5.41, 5.74) is 1.55. The van der Waals surface area contributed by atoms with Gasteiger partial charge >= 0.3 is 0 Å². The fraction of sp³-hybridized carbons (Fsp3) is 0.300. The van der Waals surface area contributed by atoms with Crippen molar-refractivity contribution in [1.82, 2.24) is 9.62 Å². The molecule has 2 aromatic rings. The maximum atomic E-state index is 12.7. The van der Waals surface area contributed by atoms with Crippen LogP contribution in [0, 0.1) is 6.92 Å². The molecule has 0 aromatic heterocycles. The predicted octanol–water partition coefficient (Wildman–Crippen LogP) is 2.04. The molecule has 2 amide bonds. The van der Waals surface area contributed by atoms with Gasteiger partial charge in [0.2, 0.25) is 15.9 Å². The minimum Gasteiger partial charge on any atom is -0.379 e. The smallest absolute Gasteiger partial charge is 0.251 e. The summed E-state index contributed by atoms with van der Waals surface area (Å²) in [5, 5.41) is 5.51. The number of sulfonamides is 1. The number of aryl methyl sites for hydroxylation is 1. The molecule has 0 bridgehead atoms. The highest BCUT2D eigenvalue weighted by molar-refractivity contribution is 7.89. The Morgan fingerprint density at radius 1 is 1.13 bits per heavy atom. The van der Waals surface area contributed by atoms with Crippen molar-refractivity contribution < 1.29 is 22.7 Å². The van der Waals surface area contributed by atoms with E-state index in [1.165, 1.54) is 28.6 Å². The summed E-state index contributed by atoms with van der Waals surface area (Å²) in [6, 6.07) is 10.9. The number of ether oxygens (including phenoxy) is 1. The van der Waals surface area contributed by atoms with E-state index in [-0.39, 0.29) is 30.1 Å². The molecule has 10 heteroatoms. The molecule has 0 radical (unpaired) electrons. The van der Waals surface area contributed by atoms with E-state index in [0.29, 0.717) is 23.9 Å². The van der Waals surface area contributed by atoms with Crippen molar-refractivity contribution in [2.75, 3.05) is 38.2 Å². The molecule has 1 heterocycles. The van der Waals surface area contributed by atoms with Crippen LogP contribution >= 0.6 is 11.6 Å². The van der Waals surface area contributed by atoms with Crippen LogP contribution < -0.4 is 10.6 Å². The Labute approximate surface area is 180 Å². The third-order valence-electron chi connectivity index (χ3n) is 4.51. The van der Waals surface area contributed by atoms with Crippen molar-refractivity contribution in [2.24, 2.45) is 0 Å². The van der Waals surface area contributed by atoms with Gasteiger partial charge in [-0.2, -0.15) is 4.31 Å². The van der Waals surface area contributed by atoms with E-state index in [9.17, 15) is 18.0 Å². The van der Waals surface area contributed by atoms with E-state index >= 15 is 0 Å². The zero-order valence-electron chi connectivity index (χ0n) is 16.4. The number of hydrogen-bond donors (Lipinski definition) is 2. The molecule has 0 aliphatic carbocycles. The van der Waals surface area contributed by atoms with E-state index in [1.54, 1.807) is 18.2 Å². The summed E-state index contributed by atoms with van der Waals surface area (Å²) in [7, 11) is -3.72. The highest BCUT2D eigenvalue weighted by atomic mass is 35.5. The zero-order chi connectivity index (χ0) is 21.7. The summed E-state index contributed by atoms with van der Waals surface area (Å²) < 4.78 is 32.0. The molecule has 2 aromatic carbocycles. The number of benzene rings is 2. The number of nitrogens with zero attached hydrogens (tertiary/aromatic N) is 1. The molecule has 0 spiro atoms. The molecule has 3 rings (SSSR count). The molecule has 8 nitrogen and oxygen atoms in total. The average Bonchev–Trinajstić information content (AvgIpc) is 2.74. The molecule has 1 aliphatic rings. The fourth-order valence-corrected chi connectivity index (χ4v) is 4.65. The lowest BCUT2D eigenvalue weighted by molar-refractivity contribution is -0.115. The first-order valence-corrected chi connectivity index (χ1v) is 11.1. The van der Waals surface area contributed by atoms with Gasteiger partial charge in [0.05, 0.1) is 35.4 Å². The summed E-state index contributed by atoms with van der Waals surface area (Å²) in [4.78, 5) is 24.6. The molecule has 1 aliphatic heterocycles. The van der Waals surface area contributed by atoms with Crippen molar-refractivity contribution in [3.8, 4) is 0 Å². The number of rotatable bonds is 6. The standard InChI is InChI=1S/C20H22ClN3O5S/c1-14-5-6-18(17(21)11-14)23-19(25)13-22-20(26)15-3-2-4-16(12-15)30(27,28)24-7-9-29-10-8-24/h2-6,11-12H,7-10,13H2,1H3,(H,22,26)(H,23,25). The highest BCUT2D eigenvalue weighted by Crippen LogP contribution is 2.22. The molecular formula is C20H22ClN3O5S. The van der Waals surface area contributed by atoms with Crippen molar-refractivity contribution >= 4 is 39.1 Å². The first kappa shape index (κ1) is 22.2. The molecule has 30 heavy (non-hydrogen) atoms. The number of carbonyl (C=O) groups excluding carboxylic acids is 2. The normalized spacial score (nSPS) is 14.9. The first-order chi connectivity index (χ1) is 14.3. The zero-order valence-corrected chi connectivity index (χ0v) is 17.9. The van der Waals surface area contributed by atoms with Gasteiger partial charge in [0.15, 0.2) is 0 Å². The number of nitrogens with one attached hydrogen (secondary N) is 2. The summed E-state index contributed by atoms with van der Waals surface area (Å²) in [5.74, 6) is -1.01. The highest BCUT2D eigenvalue weighted by Gasteiger charge is 2.26. The number of carbonyl (C=O) groups is 2. The lowest BCUT2D eigenvalue weighted by Crippen LogP contribution is -2.40. The molecule has 160 valence electrons. The number of morpholine rings is 1. The van der Waals surface area contributed by atoms with Gasteiger partial charge in [0, 0.05) is 18.7 Å². The summed E-state index contributed by atoms with van der Waals surface area (Å²) in [6.45, 7) is 2.79. The van der Waals surface area contributed by atoms with E-state index in [4.69, 9.17) is 16.3 Å². The lowest BCUT2D eigenvalue weighted by Gasteiger charge is -2.26. The monoisotopic (exact) mass is 451 g/mol. The molecule has 1 saturated heterocycles. The van der Waals surface area contributed by atoms with E-state index in [0.717, 1.165) is 5.56 Å². The maximum absolute atomic E-state index is 12.7. The second kappa shape index (κ2) is 9.57. The Hall–Kier alpha value is -2.46. The Bertz CT molecular complexity index is 1050. The van der Waals surface area contributed by atoms with Gasteiger partial charge in [-0.15, -0.1) is 0 Å². The van der Waals surface area contributed by atoms with Gasteiger partial charge in [-0.3, -0.25) is 9.59 Å². The second-order valence-corrected chi connectivity index (χ2v) is 9.10. The van der Waals surface area contributed by atoms with Crippen molar-refractivity contribution in [2.45, 2.75) is 11.8 Å². The van der Waals surface area contributed by atoms with E-state index in [1.807, 2.05) is 6.92 Å². The van der Waals surface area contributed by atoms with E-state index < -0.39 is 21.8 Å². The fourth-order valence-electron chi connectivity index (χ4n) is 2.91. The number of amides is 2. The first-order valence-electron chi connectivity index (χ1n) is 9.29. The molecular weight excluding hydrogens is 430 g/mol. The van der Waals surface area contributed by atoms with Crippen LogP contribution in [0.5, 0.6) is 0 Å². The average molecular weight is 452 g/mol. The Morgan fingerprint density at radius 2 is 1.87 bits per heavy atom. The summed E-state index contributed by atoms with van der Waals surface area (Å²) in [6.07, 6.45) is 0. The second-order valence-electron chi connectivity index (χ2n) is 6.76. The number of halogens is 1. The molecule has 0 atom stereocenters. The number of hydrogen-bond acceptors (Lipinski definition) is 5. The van der Waals surface area contributed by atoms with Crippen molar-refractivity contribution in [3.63, 3.8) is 0 Å². The number of anilines is 1. The molecule has 0 unspecified atom stereocenters. The molecule has 2 N–H and O–H groups in total. The Balaban J connectivity index is 1.63. The third-order valence-corrected chi connectivity index (χ3v) is 6.72. The van der Waals surface area contributed by atoms with Crippen LogP contribution in [0.15, 0.2) is 47.4 Å². The largest absolute Gasteiger partial charge is 0.379 e. The van der Waals surface area contributed by atoms with Gasteiger partial charge in [-0.05, 0) is 42.8 Å². The van der Waals surface area contributed by atoms with Crippen LogP contribution in [0.4, 0.5) is 5.69 Å². The van der Waals surface area contributed by atoms with Crippen LogP contribution in [0.2, 0.25) is 5.02 Å². The lowest BCUT2D eigenvalue weighted by atomic mass is 10.2. The van der Waals surface area contributed by atoms with Gasteiger partial charge < -0.3 is 15.4 Å². The molecule has 1 fully saturated rings. The van der Waals surface area contributed by atoms with Gasteiger partial charge in [-0.1, -0.05) is 23.7 Å². The van der Waals surface area contributed by atoms with Crippen LogP contribution in [-0.2, 0) is 19.6 Å². The topological polar surface area (TPSA) is 105 Å². The van der Waals surface area contributed by atoms with E-state index in [2.05, 4.69) is 10.6 Å². The van der Waals surface area contributed by atoms with Crippen molar-refractivity contribution in [1.29, 1.82) is 0 Å². The van der Waals surface area contributed by atoms with Crippen LogP contribution in [0.3, 0.4) is 0 Å². The van der Waals surface area contributed by atoms with Crippen molar-refractivity contribution in [3.05, 3.63) is 58.6 Å². The minimum atomic E-state index is -3.72. The third kappa shape index (κ3) is 5.37. The SMILES string of the molecule is Cc1ccc(NC(=O)CNC(=O)c2cccc(S(=O)(=O)N3CCOCC3)c2)c(Cl)c1. The molecule has 0 saturated carbocycles. The van der Waals surface area contributed by atoms with Crippen LogP contribution in [0.25, 0.3) is 0 Å². The Morgan fingerprint density at radius 3 is 2.57 bits per heavy atom. The quantitative estimate of drug-likeness (QED) is 0.699.